The van der Waals surface area contributed by atoms with Gasteiger partial charge in [-0.3, -0.25) is 23.7 Å². The van der Waals surface area contributed by atoms with E-state index in [4.69, 9.17) is 4.55 Å². The van der Waals surface area contributed by atoms with E-state index in [1.54, 1.807) is 0 Å². The van der Waals surface area contributed by atoms with Gasteiger partial charge in [0.2, 0.25) is 6.17 Å². The standard InChI is InChI=1S/C25H33F3O8S/c1-23-8-7-15(29)9-14(23)10-18(30)22-16-5-3-13(24(16,2)20(31)11-17(22)23)4-6-21(32)36-12-19(26)25(27,28)37(33,34)35/h13-14,16-17,19,22H,3-12H2,1-2H3,(H,33,34,35)/t13?,14-,16-,17-,19?,22-,23-,24+/m0/s1. The molecule has 4 saturated carbocycles. The first-order chi connectivity index (χ1) is 17.0. The summed E-state index contributed by atoms with van der Waals surface area (Å²) in [5.74, 6) is -1.64. The molecule has 0 saturated heterocycles. The summed E-state index contributed by atoms with van der Waals surface area (Å²) in [5.41, 5.74) is -1.09. The number of ether oxygens (including phenoxy) is 1. The van der Waals surface area contributed by atoms with E-state index in [0.717, 1.165) is 0 Å². The van der Waals surface area contributed by atoms with Gasteiger partial charge in [-0.25, -0.2) is 4.39 Å². The quantitative estimate of drug-likeness (QED) is 0.375. The fourth-order valence-corrected chi connectivity index (χ4v) is 8.21. The van der Waals surface area contributed by atoms with E-state index in [1.165, 1.54) is 0 Å². The summed E-state index contributed by atoms with van der Waals surface area (Å²) in [6, 6.07) is 0. The summed E-state index contributed by atoms with van der Waals surface area (Å²) in [6.07, 6.45) is -0.276. The van der Waals surface area contributed by atoms with Crippen molar-refractivity contribution in [1.29, 1.82) is 0 Å². The number of carbonyl (C=O) groups excluding carboxylic acids is 4. The lowest BCUT2D eigenvalue weighted by Gasteiger charge is -2.58. The molecule has 208 valence electrons. The highest BCUT2D eigenvalue weighted by Gasteiger charge is 2.65. The molecule has 4 aliphatic carbocycles. The van der Waals surface area contributed by atoms with E-state index in [0.29, 0.717) is 38.5 Å². The molecular formula is C25H33F3O8S. The van der Waals surface area contributed by atoms with Gasteiger partial charge in [0.25, 0.3) is 0 Å². The first-order valence-electron chi connectivity index (χ1n) is 12.8. The molecule has 0 aromatic carbocycles. The molecule has 0 aliphatic heterocycles. The highest BCUT2D eigenvalue weighted by Crippen LogP contribution is 2.65. The summed E-state index contributed by atoms with van der Waals surface area (Å²) in [4.78, 5) is 51.1. The van der Waals surface area contributed by atoms with Crippen LogP contribution in [0.15, 0.2) is 0 Å². The normalized spacial score (nSPS) is 39.0. The number of carbonyl (C=O) groups is 4. The van der Waals surface area contributed by atoms with Gasteiger partial charge in [-0.1, -0.05) is 13.8 Å². The Morgan fingerprint density at radius 3 is 2.46 bits per heavy atom. The van der Waals surface area contributed by atoms with Crippen molar-refractivity contribution >= 4 is 33.4 Å². The van der Waals surface area contributed by atoms with Crippen molar-refractivity contribution in [2.45, 2.75) is 83.1 Å². The Morgan fingerprint density at radius 1 is 1.14 bits per heavy atom. The molecule has 0 aromatic heterocycles. The molecular weight excluding hydrogens is 517 g/mol. The summed E-state index contributed by atoms with van der Waals surface area (Å²) in [7, 11) is -6.01. The largest absolute Gasteiger partial charge is 0.462 e. The van der Waals surface area contributed by atoms with Gasteiger partial charge in [-0.05, 0) is 54.8 Å². The van der Waals surface area contributed by atoms with Crippen molar-refractivity contribution in [2.75, 3.05) is 6.61 Å². The molecule has 0 radical (unpaired) electrons. The molecule has 4 rings (SSSR count). The van der Waals surface area contributed by atoms with Crippen LogP contribution in [0.3, 0.4) is 0 Å². The summed E-state index contributed by atoms with van der Waals surface area (Å²) in [5, 5.41) is -5.11. The predicted molar refractivity (Wildman–Crippen MR) is 123 cm³/mol. The second-order valence-electron chi connectivity index (χ2n) is 11.8. The van der Waals surface area contributed by atoms with Crippen LogP contribution in [-0.4, -0.2) is 54.3 Å². The number of hydrogen-bond donors (Lipinski definition) is 1. The minimum Gasteiger partial charge on any atom is -0.462 e. The first-order valence-corrected chi connectivity index (χ1v) is 14.2. The maximum Gasteiger partial charge on any atom is 0.403 e. The molecule has 1 N–H and O–H groups in total. The lowest BCUT2D eigenvalue weighted by Crippen LogP contribution is -2.59. The van der Waals surface area contributed by atoms with Crippen molar-refractivity contribution in [3.05, 3.63) is 0 Å². The number of halogens is 3. The molecule has 8 atom stereocenters. The van der Waals surface area contributed by atoms with Crippen molar-refractivity contribution in [3.8, 4) is 0 Å². The van der Waals surface area contributed by atoms with Crippen molar-refractivity contribution in [3.63, 3.8) is 0 Å². The third kappa shape index (κ3) is 4.55. The highest BCUT2D eigenvalue weighted by molar-refractivity contribution is 7.86. The van der Waals surface area contributed by atoms with Gasteiger partial charge in [-0.15, -0.1) is 0 Å². The average molecular weight is 551 g/mol. The maximum absolute atomic E-state index is 13.6. The molecule has 4 fully saturated rings. The smallest absolute Gasteiger partial charge is 0.403 e. The van der Waals surface area contributed by atoms with Crippen LogP contribution in [0.2, 0.25) is 0 Å². The number of fused-ring (bicyclic) bond motifs is 5. The molecule has 12 heteroatoms. The second kappa shape index (κ2) is 9.43. The average Bonchev–Trinajstić information content (AvgIpc) is 3.14. The summed E-state index contributed by atoms with van der Waals surface area (Å²) >= 11 is 0. The molecule has 0 bridgehead atoms. The van der Waals surface area contributed by atoms with Crippen LogP contribution in [0.5, 0.6) is 0 Å². The first kappa shape index (κ1) is 28.2. The maximum atomic E-state index is 13.6. The molecule has 4 aliphatic rings. The molecule has 2 unspecified atom stereocenters. The van der Waals surface area contributed by atoms with E-state index in [2.05, 4.69) is 11.7 Å². The number of alkyl halides is 3. The predicted octanol–water partition coefficient (Wildman–Crippen LogP) is 3.71. The van der Waals surface area contributed by atoms with Gasteiger partial charge in [0, 0.05) is 43.4 Å². The zero-order valence-corrected chi connectivity index (χ0v) is 21.7. The van der Waals surface area contributed by atoms with Crippen LogP contribution in [0.4, 0.5) is 13.2 Å². The lowest BCUT2D eigenvalue weighted by molar-refractivity contribution is -0.166. The third-order valence-electron chi connectivity index (χ3n) is 10.1. The van der Waals surface area contributed by atoms with Gasteiger partial charge in [0.15, 0.2) is 0 Å². The Labute approximate surface area is 213 Å². The van der Waals surface area contributed by atoms with Gasteiger partial charge in [0.05, 0.1) is 0 Å². The van der Waals surface area contributed by atoms with Crippen molar-refractivity contribution in [1.82, 2.24) is 0 Å². The van der Waals surface area contributed by atoms with Gasteiger partial charge in [-0.2, -0.15) is 17.2 Å². The van der Waals surface area contributed by atoms with Crippen LogP contribution in [0.1, 0.15) is 71.6 Å². The zero-order chi connectivity index (χ0) is 27.6. The molecule has 0 spiro atoms. The number of ketones is 3. The summed E-state index contributed by atoms with van der Waals surface area (Å²) < 4.78 is 74.4. The minimum atomic E-state index is -6.01. The molecule has 0 aromatic rings. The zero-order valence-electron chi connectivity index (χ0n) is 20.9. The van der Waals surface area contributed by atoms with E-state index in [-0.39, 0.29) is 71.6 Å². The number of Topliss-reactive ketones (excluding diaryl/α,β-unsaturated/α-hetero) is 3. The highest BCUT2D eigenvalue weighted by atomic mass is 32.2. The van der Waals surface area contributed by atoms with Gasteiger partial charge >= 0.3 is 21.3 Å². The van der Waals surface area contributed by atoms with Crippen LogP contribution in [0, 0.1) is 40.4 Å². The minimum absolute atomic E-state index is 0.0257. The molecule has 0 amide bonds. The summed E-state index contributed by atoms with van der Waals surface area (Å²) in [6.45, 7) is 2.39. The third-order valence-corrected chi connectivity index (χ3v) is 11.1. The molecule has 0 heterocycles. The fourth-order valence-electron chi connectivity index (χ4n) is 7.82. The Balaban J connectivity index is 1.42. The molecule has 8 nitrogen and oxygen atoms in total. The topological polar surface area (TPSA) is 132 Å². The monoisotopic (exact) mass is 550 g/mol. The number of rotatable bonds is 7. The van der Waals surface area contributed by atoms with Crippen LogP contribution in [-0.2, 0) is 34.0 Å². The van der Waals surface area contributed by atoms with Crippen molar-refractivity contribution < 1.29 is 50.1 Å². The Kier molecular flexibility index (Phi) is 7.18. The Bertz CT molecular complexity index is 1110. The van der Waals surface area contributed by atoms with E-state index >= 15 is 0 Å². The van der Waals surface area contributed by atoms with Gasteiger partial charge in [0.1, 0.15) is 24.0 Å². The Hall–Kier alpha value is -1.82. The van der Waals surface area contributed by atoms with Crippen LogP contribution >= 0.6 is 0 Å². The fraction of sp³-hybridized carbons (Fsp3) is 0.840. The number of hydrogen-bond acceptors (Lipinski definition) is 7. The van der Waals surface area contributed by atoms with E-state index < -0.39 is 39.5 Å². The van der Waals surface area contributed by atoms with Crippen LogP contribution < -0.4 is 0 Å². The molecule has 37 heavy (non-hydrogen) atoms. The van der Waals surface area contributed by atoms with Crippen molar-refractivity contribution in [2.24, 2.45) is 40.4 Å². The number of esters is 1. The Morgan fingerprint density at radius 2 is 1.81 bits per heavy atom. The van der Waals surface area contributed by atoms with Crippen LogP contribution in [0.25, 0.3) is 0 Å². The second-order valence-corrected chi connectivity index (χ2v) is 13.3. The van der Waals surface area contributed by atoms with Gasteiger partial charge < -0.3 is 4.74 Å². The SMILES string of the molecule is C[C@]12CCC(=O)C[C@H]1CC(=O)[C@@H]1[C@@H]2CC(=O)[C@]2(C)C(CCC(=O)OCC(F)C(F)(F)S(=O)(=O)O)CC[C@@H]12. The lowest BCUT2D eigenvalue weighted by atomic mass is 9.44. The van der Waals surface area contributed by atoms with E-state index in [9.17, 15) is 40.8 Å². The van der Waals surface area contributed by atoms with E-state index in [1.807, 2.05) is 6.92 Å².